The summed E-state index contributed by atoms with van der Waals surface area (Å²) >= 11 is 0. The zero-order chi connectivity index (χ0) is 43.7. The van der Waals surface area contributed by atoms with E-state index in [0.717, 1.165) is 38.5 Å². The van der Waals surface area contributed by atoms with Crippen molar-refractivity contribution in [3.8, 4) is 0 Å². The first kappa shape index (κ1) is 58.6. The third kappa shape index (κ3) is 46.1. The molecule has 0 heterocycles. The lowest BCUT2D eigenvalue weighted by atomic mass is 10.0. The molecule has 0 aliphatic carbocycles. The largest absolute Gasteiger partial charge is 0.466 e. The fourth-order valence-corrected chi connectivity index (χ4v) is 8.40. The molecule has 0 aromatic carbocycles. The highest BCUT2D eigenvalue weighted by Crippen LogP contribution is 2.17. The Bertz CT molecular complexity index is 893. The molecule has 356 valence electrons. The summed E-state index contributed by atoms with van der Waals surface area (Å²) in [7, 11) is 0. The normalized spacial score (nSPS) is 12.7. The molecule has 1 amide bonds. The number of ether oxygens (including phenoxy) is 1. The van der Waals surface area contributed by atoms with Gasteiger partial charge in [0.2, 0.25) is 5.91 Å². The van der Waals surface area contributed by atoms with Crippen LogP contribution in [-0.2, 0) is 14.3 Å². The zero-order valence-corrected chi connectivity index (χ0v) is 40.5. The maximum atomic E-state index is 12.4. The van der Waals surface area contributed by atoms with E-state index in [1.165, 1.54) is 231 Å². The molecule has 0 aromatic rings. The van der Waals surface area contributed by atoms with Crippen LogP contribution in [0.25, 0.3) is 0 Å². The van der Waals surface area contributed by atoms with Crippen molar-refractivity contribution in [3.63, 3.8) is 0 Å². The van der Waals surface area contributed by atoms with Crippen molar-refractivity contribution >= 4 is 11.9 Å². The Morgan fingerprint density at radius 3 is 1.13 bits per heavy atom. The summed E-state index contributed by atoms with van der Waals surface area (Å²) in [5, 5.41) is 22.9. The van der Waals surface area contributed by atoms with Crippen LogP contribution in [0.4, 0.5) is 0 Å². The lowest BCUT2D eigenvalue weighted by Gasteiger charge is -2.20. The van der Waals surface area contributed by atoms with Gasteiger partial charge in [-0.1, -0.05) is 264 Å². The number of rotatable bonds is 50. The first-order valence-corrected chi connectivity index (χ1v) is 27.0. The molecule has 2 atom stereocenters. The topological polar surface area (TPSA) is 95.9 Å². The molecule has 0 saturated heterocycles. The molecule has 0 saturated carbocycles. The average Bonchev–Trinajstić information content (AvgIpc) is 3.25. The van der Waals surface area contributed by atoms with Crippen LogP contribution in [0.1, 0.15) is 296 Å². The van der Waals surface area contributed by atoms with Crippen LogP contribution in [-0.4, -0.2) is 47.4 Å². The summed E-state index contributed by atoms with van der Waals surface area (Å²) in [4.78, 5) is 24.4. The van der Waals surface area contributed by atoms with Crippen LogP contribution < -0.4 is 5.32 Å². The van der Waals surface area contributed by atoms with Crippen molar-refractivity contribution in [2.24, 2.45) is 0 Å². The highest BCUT2D eigenvalue weighted by molar-refractivity contribution is 5.76. The third-order valence-corrected chi connectivity index (χ3v) is 12.6. The second-order valence-electron chi connectivity index (χ2n) is 18.6. The third-order valence-electron chi connectivity index (χ3n) is 12.6. The summed E-state index contributed by atoms with van der Waals surface area (Å²) in [6.07, 6.45) is 58.0. The molecule has 3 N–H and O–H groups in total. The van der Waals surface area contributed by atoms with E-state index in [2.05, 4.69) is 19.2 Å². The SMILES string of the molecule is CCCCCCCCC/C=C/C(O)C(CO)NC(=O)CCCCCCCCCCCCCCCCCCCCOC(=O)CCCCCCCCCCCCCCCCCC. The van der Waals surface area contributed by atoms with E-state index >= 15 is 0 Å². The van der Waals surface area contributed by atoms with Gasteiger partial charge in [0, 0.05) is 12.8 Å². The van der Waals surface area contributed by atoms with E-state index < -0.39 is 12.1 Å². The van der Waals surface area contributed by atoms with Crippen LogP contribution in [0.3, 0.4) is 0 Å². The smallest absolute Gasteiger partial charge is 0.305 e. The van der Waals surface area contributed by atoms with Crippen LogP contribution >= 0.6 is 0 Å². The van der Waals surface area contributed by atoms with Gasteiger partial charge >= 0.3 is 5.97 Å². The Balaban J connectivity index is 3.37. The summed E-state index contributed by atoms with van der Waals surface area (Å²) in [5.74, 6) is -0.0641. The number of aliphatic hydroxyl groups is 2. The number of unbranched alkanes of at least 4 members (excludes halogenated alkanes) is 39. The van der Waals surface area contributed by atoms with Crippen molar-refractivity contribution in [1.29, 1.82) is 0 Å². The van der Waals surface area contributed by atoms with Gasteiger partial charge in [0.1, 0.15) is 0 Å². The van der Waals surface area contributed by atoms with Gasteiger partial charge in [-0.15, -0.1) is 0 Å². The first-order valence-electron chi connectivity index (χ1n) is 27.0. The fourth-order valence-electron chi connectivity index (χ4n) is 8.40. The molecule has 6 heteroatoms. The molecular weight excluding hydrogens is 743 g/mol. The van der Waals surface area contributed by atoms with Crippen LogP contribution in [0.5, 0.6) is 0 Å². The number of hydrogen-bond acceptors (Lipinski definition) is 5. The van der Waals surface area contributed by atoms with E-state index in [4.69, 9.17) is 4.74 Å². The highest BCUT2D eigenvalue weighted by Gasteiger charge is 2.18. The minimum Gasteiger partial charge on any atom is -0.466 e. The molecule has 0 aliphatic rings. The molecule has 0 bridgehead atoms. The molecule has 60 heavy (non-hydrogen) atoms. The quantitative estimate of drug-likeness (QED) is 0.0322. The van der Waals surface area contributed by atoms with Crippen molar-refractivity contribution in [1.82, 2.24) is 5.32 Å². The molecule has 0 aromatic heterocycles. The Morgan fingerprint density at radius 1 is 0.450 bits per heavy atom. The van der Waals surface area contributed by atoms with Gasteiger partial charge in [0.15, 0.2) is 0 Å². The van der Waals surface area contributed by atoms with E-state index in [-0.39, 0.29) is 18.5 Å². The summed E-state index contributed by atoms with van der Waals surface area (Å²) < 4.78 is 5.48. The number of amides is 1. The van der Waals surface area contributed by atoms with Gasteiger partial charge in [-0.25, -0.2) is 0 Å². The maximum Gasteiger partial charge on any atom is 0.305 e. The molecule has 6 nitrogen and oxygen atoms in total. The maximum absolute atomic E-state index is 12.4. The predicted molar refractivity (Wildman–Crippen MR) is 260 cm³/mol. The number of nitrogens with one attached hydrogen (secondary N) is 1. The van der Waals surface area contributed by atoms with E-state index in [1.807, 2.05) is 6.08 Å². The van der Waals surface area contributed by atoms with Crippen LogP contribution in [0, 0.1) is 0 Å². The second kappa shape index (κ2) is 50.2. The first-order chi connectivity index (χ1) is 29.5. The minimum atomic E-state index is -0.843. The molecule has 0 radical (unpaired) electrons. The predicted octanol–water partition coefficient (Wildman–Crippen LogP) is 16.1. The summed E-state index contributed by atoms with van der Waals surface area (Å²) in [6, 6.07) is -0.627. The average molecular weight is 848 g/mol. The molecule has 2 unspecified atom stereocenters. The number of carbonyl (C=O) groups is 2. The van der Waals surface area contributed by atoms with Gasteiger partial charge in [-0.05, 0) is 32.1 Å². The van der Waals surface area contributed by atoms with Gasteiger partial charge < -0.3 is 20.3 Å². The van der Waals surface area contributed by atoms with E-state index in [9.17, 15) is 19.8 Å². The number of hydrogen-bond donors (Lipinski definition) is 3. The Hall–Kier alpha value is -1.40. The number of carbonyl (C=O) groups excluding carboxylic acids is 2. The Kier molecular flexibility index (Phi) is 49.1. The highest BCUT2D eigenvalue weighted by atomic mass is 16.5. The lowest BCUT2D eigenvalue weighted by Crippen LogP contribution is -2.45. The Morgan fingerprint density at radius 2 is 0.767 bits per heavy atom. The van der Waals surface area contributed by atoms with Crippen molar-refractivity contribution in [2.45, 2.75) is 309 Å². The standard InChI is InChI=1S/C54H105NO5/c1-3-5-7-9-11-13-14-15-16-22-25-28-32-36-40-44-48-54(59)60-49-45-41-37-33-29-26-23-20-18-17-19-21-24-27-31-35-39-43-47-53(58)55-51(50-56)52(57)46-42-38-34-30-12-10-8-6-4-2/h42,46,51-52,56-57H,3-41,43-45,47-50H2,1-2H3,(H,55,58)/b46-42+. The van der Waals surface area contributed by atoms with Gasteiger partial charge in [-0.2, -0.15) is 0 Å². The number of allylic oxidation sites excluding steroid dienone is 1. The summed E-state index contributed by atoms with van der Waals surface area (Å²) in [5.41, 5.74) is 0. The molecule has 0 rings (SSSR count). The number of esters is 1. The second-order valence-corrected chi connectivity index (χ2v) is 18.6. The van der Waals surface area contributed by atoms with Crippen molar-refractivity contribution < 1.29 is 24.5 Å². The summed E-state index contributed by atoms with van der Waals surface area (Å²) in [6.45, 7) is 4.88. The zero-order valence-electron chi connectivity index (χ0n) is 40.5. The van der Waals surface area contributed by atoms with Gasteiger partial charge in [0.25, 0.3) is 0 Å². The molecular formula is C54H105NO5. The van der Waals surface area contributed by atoms with Crippen LogP contribution in [0.15, 0.2) is 12.2 Å². The monoisotopic (exact) mass is 848 g/mol. The minimum absolute atomic E-state index is 0.00981. The van der Waals surface area contributed by atoms with E-state index in [1.54, 1.807) is 6.08 Å². The van der Waals surface area contributed by atoms with E-state index in [0.29, 0.717) is 19.4 Å². The van der Waals surface area contributed by atoms with Crippen molar-refractivity contribution in [2.75, 3.05) is 13.2 Å². The van der Waals surface area contributed by atoms with Crippen molar-refractivity contribution in [3.05, 3.63) is 12.2 Å². The van der Waals surface area contributed by atoms with Crippen LogP contribution in [0.2, 0.25) is 0 Å². The van der Waals surface area contributed by atoms with Gasteiger partial charge in [-0.3, -0.25) is 9.59 Å². The Labute approximate surface area is 374 Å². The fraction of sp³-hybridized carbons (Fsp3) is 0.926. The molecule has 0 fully saturated rings. The molecule has 0 spiro atoms. The molecule has 0 aliphatic heterocycles. The number of aliphatic hydroxyl groups excluding tert-OH is 2. The lowest BCUT2D eigenvalue weighted by molar-refractivity contribution is -0.143. The van der Waals surface area contributed by atoms with Gasteiger partial charge in [0.05, 0.1) is 25.4 Å².